The summed E-state index contributed by atoms with van der Waals surface area (Å²) < 4.78 is 0. The number of nitrogens with zero attached hydrogens (tertiary/aromatic N) is 1. The number of hydrogen-bond acceptors (Lipinski definition) is 3. The van der Waals surface area contributed by atoms with E-state index in [4.69, 9.17) is 5.11 Å². The van der Waals surface area contributed by atoms with Gasteiger partial charge in [0.25, 0.3) is 0 Å². The minimum absolute atomic E-state index is 0.354. The molecule has 4 nitrogen and oxygen atoms in total. The number of rotatable bonds is 3. The van der Waals surface area contributed by atoms with Crippen molar-refractivity contribution in [3.8, 4) is 0 Å². The van der Waals surface area contributed by atoms with Crippen LogP contribution < -0.4 is 0 Å². The number of carboxylic acid groups (broad SMARTS) is 1. The molecule has 0 radical (unpaired) electrons. The molecule has 1 saturated heterocycles. The summed E-state index contributed by atoms with van der Waals surface area (Å²) >= 11 is 0. The van der Waals surface area contributed by atoms with Crippen LogP contribution in [0.1, 0.15) is 19.8 Å². The number of aliphatic hydroxyl groups is 1. The Morgan fingerprint density at radius 2 is 2.31 bits per heavy atom. The van der Waals surface area contributed by atoms with Crippen LogP contribution in [0, 0.1) is 5.41 Å². The molecule has 1 heterocycles. The molecule has 0 bridgehead atoms. The van der Waals surface area contributed by atoms with Crippen molar-refractivity contribution in [2.24, 2.45) is 5.41 Å². The zero-order valence-electron chi connectivity index (χ0n) is 8.16. The largest absolute Gasteiger partial charge is 0.481 e. The second-order valence-electron chi connectivity index (χ2n) is 4.13. The standard InChI is InChI=1S/C9H17NO3/c1-7(11)5-9(8(12)13)3-4-10(2)6-9/h7,11H,3-6H2,1-2H3,(H,12,13). The topological polar surface area (TPSA) is 60.8 Å². The summed E-state index contributed by atoms with van der Waals surface area (Å²) in [4.78, 5) is 13.1. The van der Waals surface area contributed by atoms with E-state index in [1.165, 1.54) is 0 Å². The lowest BCUT2D eigenvalue weighted by molar-refractivity contribution is -0.150. The summed E-state index contributed by atoms with van der Waals surface area (Å²) in [5, 5.41) is 18.3. The predicted molar refractivity (Wildman–Crippen MR) is 48.5 cm³/mol. The Balaban J connectivity index is 2.71. The van der Waals surface area contributed by atoms with Crippen LogP contribution in [0.3, 0.4) is 0 Å². The van der Waals surface area contributed by atoms with Crippen LogP contribution in [0.5, 0.6) is 0 Å². The molecule has 4 heteroatoms. The van der Waals surface area contributed by atoms with Crippen molar-refractivity contribution in [2.45, 2.75) is 25.9 Å². The summed E-state index contributed by atoms with van der Waals surface area (Å²) in [6.07, 6.45) is 0.457. The highest BCUT2D eigenvalue weighted by Gasteiger charge is 2.44. The maximum Gasteiger partial charge on any atom is 0.311 e. The van der Waals surface area contributed by atoms with Gasteiger partial charge in [-0.15, -0.1) is 0 Å². The van der Waals surface area contributed by atoms with Gasteiger partial charge in [-0.25, -0.2) is 0 Å². The van der Waals surface area contributed by atoms with Gasteiger partial charge in [0.2, 0.25) is 0 Å². The molecular weight excluding hydrogens is 170 g/mol. The van der Waals surface area contributed by atoms with E-state index in [1.807, 2.05) is 11.9 Å². The molecule has 2 N–H and O–H groups in total. The Kier molecular flexibility index (Phi) is 2.93. The first-order chi connectivity index (χ1) is 5.96. The summed E-state index contributed by atoms with van der Waals surface area (Å²) in [6.45, 7) is 3.00. The molecule has 13 heavy (non-hydrogen) atoms. The molecule has 0 aromatic carbocycles. The van der Waals surface area contributed by atoms with E-state index < -0.39 is 17.5 Å². The van der Waals surface area contributed by atoms with Gasteiger partial charge in [-0.2, -0.15) is 0 Å². The summed E-state index contributed by atoms with van der Waals surface area (Å²) in [6, 6.07) is 0. The monoisotopic (exact) mass is 187 g/mol. The molecule has 0 aromatic rings. The van der Waals surface area contributed by atoms with Gasteiger partial charge in [0.05, 0.1) is 11.5 Å². The molecule has 1 fully saturated rings. The van der Waals surface area contributed by atoms with Crippen LogP contribution in [-0.2, 0) is 4.79 Å². The predicted octanol–water partition coefficient (Wildman–Crippen LogP) is 0.164. The molecule has 1 aliphatic heterocycles. The van der Waals surface area contributed by atoms with Gasteiger partial charge in [0.1, 0.15) is 0 Å². The average Bonchev–Trinajstić information content (AvgIpc) is 2.31. The van der Waals surface area contributed by atoms with E-state index in [-0.39, 0.29) is 0 Å². The Labute approximate surface area is 78.2 Å². The highest BCUT2D eigenvalue weighted by molar-refractivity contribution is 5.75. The Hall–Kier alpha value is -0.610. The molecule has 1 rings (SSSR count). The van der Waals surface area contributed by atoms with Crippen molar-refractivity contribution in [3.63, 3.8) is 0 Å². The van der Waals surface area contributed by atoms with E-state index in [0.29, 0.717) is 19.4 Å². The first kappa shape index (κ1) is 10.5. The molecule has 0 aliphatic carbocycles. The highest BCUT2D eigenvalue weighted by Crippen LogP contribution is 2.34. The van der Waals surface area contributed by atoms with Gasteiger partial charge in [0, 0.05) is 6.54 Å². The fourth-order valence-electron chi connectivity index (χ4n) is 2.07. The smallest absolute Gasteiger partial charge is 0.311 e. The highest BCUT2D eigenvalue weighted by atomic mass is 16.4. The molecule has 0 saturated carbocycles. The van der Waals surface area contributed by atoms with Gasteiger partial charge < -0.3 is 15.1 Å². The van der Waals surface area contributed by atoms with Crippen molar-refractivity contribution < 1.29 is 15.0 Å². The lowest BCUT2D eigenvalue weighted by Crippen LogP contribution is -2.36. The third-order valence-corrected chi connectivity index (χ3v) is 2.68. The lowest BCUT2D eigenvalue weighted by Gasteiger charge is -2.25. The first-order valence-corrected chi connectivity index (χ1v) is 4.56. The number of aliphatic carboxylic acids is 1. The molecule has 0 spiro atoms. The quantitative estimate of drug-likeness (QED) is 0.661. The van der Waals surface area contributed by atoms with Crippen molar-refractivity contribution >= 4 is 5.97 Å². The van der Waals surface area contributed by atoms with Crippen LogP contribution in [0.2, 0.25) is 0 Å². The number of aliphatic hydroxyl groups excluding tert-OH is 1. The van der Waals surface area contributed by atoms with E-state index in [0.717, 1.165) is 6.54 Å². The average molecular weight is 187 g/mol. The SMILES string of the molecule is CC(O)CC1(C(=O)O)CCN(C)C1. The minimum atomic E-state index is -0.780. The fourth-order valence-corrected chi connectivity index (χ4v) is 2.07. The van der Waals surface area contributed by atoms with Crippen LogP contribution >= 0.6 is 0 Å². The zero-order valence-corrected chi connectivity index (χ0v) is 8.16. The molecule has 1 aliphatic rings. The van der Waals surface area contributed by atoms with Crippen LogP contribution in [0.25, 0.3) is 0 Å². The number of likely N-dealkylation sites (tertiary alicyclic amines) is 1. The Bertz CT molecular complexity index is 205. The number of carboxylic acids is 1. The second kappa shape index (κ2) is 3.64. The second-order valence-corrected chi connectivity index (χ2v) is 4.13. The summed E-state index contributed by atoms with van der Waals surface area (Å²) in [7, 11) is 1.91. The zero-order chi connectivity index (χ0) is 10.1. The molecule has 0 amide bonds. The van der Waals surface area contributed by atoms with Crippen molar-refractivity contribution in [1.29, 1.82) is 0 Å². The molecule has 0 aromatic heterocycles. The Morgan fingerprint density at radius 3 is 2.62 bits per heavy atom. The third kappa shape index (κ3) is 2.19. The lowest BCUT2D eigenvalue weighted by atomic mass is 9.82. The van der Waals surface area contributed by atoms with Crippen molar-refractivity contribution in [3.05, 3.63) is 0 Å². The van der Waals surface area contributed by atoms with Crippen LogP contribution in [-0.4, -0.2) is 47.3 Å². The van der Waals surface area contributed by atoms with Crippen molar-refractivity contribution in [1.82, 2.24) is 4.90 Å². The Morgan fingerprint density at radius 1 is 1.69 bits per heavy atom. The fraction of sp³-hybridized carbons (Fsp3) is 0.889. The van der Waals surface area contributed by atoms with E-state index in [2.05, 4.69) is 0 Å². The number of hydrogen-bond donors (Lipinski definition) is 2. The van der Waals surface area contributed by atoms with Gasteiger partial charge in [-0.1, -0.05) is 0 Å². The van der Waals surface area contributed by atoms with E-state index >= 15 is 0 Å². The normalized spacial score (nSPS) is 31.9. The maximum atomic E-state index is 11.1. The minimum Gasteiger partial charge on any atom is -0.481 e. The molecule has 76 valence electrons. The van der Waals surface area contributed by atoms with Gasteiger partial charge in [-0.3, -0.25) is 4.79 Å². The van der Waals surface area contributed by atoms with E-state index in [1.54, 1.807) is 6.92 Å². The van der Waals surface area contributed by atoms with Gasteiger partial charge in [0.15, 0.2) is 0 Å². The maximum absolute atomic E-state index is 11.1. The molecular formula is C9H17NO3. The molecule has 2 atom stereocenters. The van der Waals surface area contributed by atoms with Crippen LogP contribution in [0.15, 0.2) is 0 Å². The van der Waals surface area contributed by atoms with E-state index in [9.17, 15) is 9.90 Å². The van der Waals surface area contributed by atoms with Crippen molar-refractivity contribution in [2.75, 3.05) is 20.1 Å². The first-order valence-electron chi connectivity index (χ1n) is 4.56. The number of carbonyl (C=O) groups is 1. The summed E-state index contributed by atoms with van der Waals surface area (Å²) in [5.41, 5.74) is -0.719. The molecule has 2 unspecified atom stereocenters. The third-order valence-electron chi connectivity index (χ3n) is 2.68. The van der Waals surface area contributed by atoms with Crippen LogP contribution in [0.4, 0.5) is 0 Å². The summed E-state index contributed by atoms with van der Waals surface area (Å²) in [5.74, 6) is -0.780. The van der Waals surface area contributed by atoms with Gasteiger partial charge in [-0.05, 0) is 33.4 Å². The van der Waals surface area contributed by atoms with Gasteiger partial charge >= 0.3 is 5.97 Å².